The van der Waals surface area contributed by atoms with E-state index >= 15 is 0 Å². The number of carboxylic acids is 1. The van der Waals surface area contributed by atoms with Crippen LogP contribution in [0.2, 0.25) is 0 Å². The molecule has 0 saturated heterocycles. The molecule has 0 unspecified atom stereocenters. The molecule has 0 aromatic carbocycles. The Labute approximate surface area is 76.6 Å². The third-order valence-corrected chi connectivity index (χ3v) is 1.35. The summed E-state index contributed by atoms with van der Waals surface area (Å²) in [5.41, 5.74) is 0. The molecule has 8 heteroatoms. The van der Waals surface area contributed by atoms with Crippen molar-refractivity contribution >= 4 is 16.3 Å². The van der Waals surface area contributed by atoms with Gasteiger partial charge >= 0.3 is 16.3 Å². The Balaban J connectivity index is 0. The van der Waals surface area contributed by atoms with Crippen molar-refractivity contribution in [3.05, 3.63) is 0 Å². The molecule has 0 fully saturated rings. The quantitative estimate of drug-likeness (QED) is 0.423. The average molecular weight is 235 g/mol. The number of carbonyl (C=O) groups is 1. The Morgan fingerprint density at radius 3 is 2.00 bits per heavy atom. The van der Waals surface area contributed by atoms with Crippen molar-refractivity contribution < 1.29 is 42.3 Å². The van der Waals surface area contributed by atoms with Gasteiger partial charge in [-0.05, 0) is 6.92 Å². The fraction of sp³-hybridized carbons (Fsp3) is 0.667. The monoisotopic (exact) mass is 233 g/mol. The van der Waals surface area contributed by atoms with Crippen LogP contribution < -0.4 is 4.72 Å². The third-order valence-electron chi connectivity index (χ3n) is 0.696. The number of hydrogen-bond donors (Lipinski definition) is 3. The van der Waals surface area contributed by atoms with Crippen LogP contribution in [-0.4, -0.2) is 30.1 Å². The number of hydrogen-bond acceptors (Lipinski definition) is 3. The maximum atomic E-state index is 9.94. The molecule has 0 spiro atoms. The predicted molar refractivity (Wildman–Crippen MR) is 31.8 cm³/mol. The average Bonchev–Trinajstić information content (AvgIpc) is 1.60. The Bertz CT molecular complexity index is 224. The molecule has 0 bridgehead atoms. The minimum absolute atomic E-state index is 0. The Morgan fingerprint density at radius 2 is 1.91 bits per heavy atom. The minimum atomic E-state index is -4.40. The van der Waals surface area contributed by atoms with Gasteiger partial charge in [0.1, 0.15) is 6.04 Å². The fourth-order valence-corrected chi connectivity index (χ4v) is 0.821. The van der Waals surface area contributed by atoms with E-state index in [1.807, 2.05) is 0 Å². The van der Waals surface area contributed by atoms with E-state index in [9.17, 15) is 13.2 Å². The maximum absolute atomic E-state index is 9.94. The van der Waals surface area contributed by atoms with Crippen molar-refractivity contribution in [3.63, 3.8) is 0 Å². The molecule has 0 saturated carbocycles. The van der Waals surface area contributed by atoms with Crippen LogP contribution in [0.5, 0.6) is 0 Å². The smallest absolute Gasteiger partial charge is 0.334 e. The van der Waals surface area contributed by atoms with Crippen molar-refractivity contribution in [2.75, 3.05) is 0 Å². The number of aliphatic carboxylic acids is 1. The molecule has 0 aromatic heterocycles. The summed E-state index contributed by atoms with van der Waals surface area (Å²) >= 11 is 0. The molecule has 0 heterocycles. The third kappa shape index (κ3) is 7.86. The summed E-state index contributed by atoms with van der Waals surface area (Å²) in [5.74, 6) is -1.35. The van der Waals surface area contributed by atoms with E-state index in [0.717, 1.165) is 6.92 Å². The zero-order valence-electron chi connectivity index (χ0n) is 5.81. The first-order valence-corrected chi connectivity index (χ1v) is 3.74. The van der Waals surface area contributed by atoms with E-state index < -0.39 is 22.3 Å². The normalized spacial score (nSPS) is 13.3. The second-order valence-corrected chi connectivity index (χ2v) is 2.84. The standard InChI is InChI=1S/C3H7NO5S.Zn/c1-2(3(5)6)4-10(7,8)9;/h2,4H,1H3,(H,5,6)(H,7,8,9);/t2-;/m0./s1. The van der Waals surface area contributed by atoms with E-state index in [4.69, 9.17) is 9.66 Å². The van der Waals surface area contributed by atoms with E-state index in [1.165, 1.54) is 4.72 Å². The topological polar surface area (TPSA) is 104 Å². The molecule has 62 valence electrons. The molecule has 11 heavy (non-hydrogen) atoms. The molecule has 0 amide bonds. The number of nitrogens with one attached hydrogen (secondary N) is 1. The van der Waals surface area contributed by atoms with Crippen LogP contribution in [0.3, 0.4) is 0 Å². The first-order valence-electron chi connectivity index (χ1n) is 2.30. The molecule has 0 radical (unpaired) electrons. The first-order chi connectivity index (χ1) is 4.33. The van der Waals surface area contributed by atoms with Crippen molar-refractivity contribution in [1.29, 1.82) is 0 Å². The second-order valence-electron chi connectivity index (χ2n) is 1.65. The molecule has 6 nitrogen and oxygen atoms in total. The van der Waals surface area contributed by atoms with E-state index in [0.29, 0.717) is 0 Å². The van der Waals surface area contributed by atoms with Crippen LogP contribution in [0.1, 0.15) is 6.92 Å². The van der Waals surface area contributed by atoms with Gasteiger partial charge in [-0.1, -0.05) is 0 Å². The summed E-state index contributed by atoms with van der Waals surface area (Å²) in [5, 5.41) is 8.11. The molecular weight excluding hydrogens is 227 g/mol. The Morgan fingerprint density at radius 1 is 1.55 bits per heavy atom. The molecule has 3 N–H and O–H groups in total. The summed E-state index contributed by atoms with van der Waals surface area (Å²) in [4.78, 5) is 9.94. The summed E-state index contributed by atoms with van der Waals surface area (Å²) < 4.78 is 29.3. The molecule has 1 atom stereocenters. The van der Waals surface area contributed by atoms with Gasteiger partial charge < -0.3 is 5.11 Å². The molecule has 0 rings (SSSR count). The zero-order chi connectivity index (χ0) is 8.36. The molecular formula is C3H7NO5SZn. The van der Waals surface area contributed by atoms with Crippen molar-refractivity contribution in [1.82, 2.24) is 4.72 Å². The summed E-state index contributed by atoms with van der Waals surface area (Å²) in [7, 11) is -4.40. The van der Waals surface area contributed by atoms with Gasteiger partial charge in [-0.3, -0.25) is 9.35 Å². The Kier molecular flexibility index (Phi) is 5.87. The van der Waals surface area contributed by atoms with Gasteiger partial charge in [0, 0.05) is 19.5 Å². The van der Waals surface area contributed by atoms with Gasteiger partial charge in [0.25, 0.3) is 0 Å². The van der Waals surface area contributed by atoms with Gasteiger partial charge in [0.15, 0.2) is 0 Å². The summed E-state index contributed by atoms with van der Waals surface area (Å²) in [6.07, 6.45) is 0. The van der Waals surface area contributed by atoms with E-state index in [1.54, 1.807) is 0 Å². The SMILES string of the molecule is C[C@H](NS(=O)(=O)O)C(=O)O.[Zn]. The van der Waals surface area contributed by atoms with E-state index in [2.05, 4.69) is 0 Å². The number of rotatable bonds is 3. The van der Waals surface area contributed by atoms with Crippen molar-refractivity contribution in [2.24, 2.45) is 0 Å². The van der Waals surface area contributed by atoms with Crippen LogP contribution in [0, 0.1) is 0 Å². The van der Waals surface area contributed by atoms with Crippen LogP contribution >= 0.6 is 0 Å². The number of carboxylic acid groups (broad SMARTS) is 1. The molecule has 0 aromatic rings. The van der Waals surface area contributed by atoms with Gasteiger partial charge in [0.05, 0.1) is 0 Å². The summed E-state index contributed by atoms with van der Waals surface area (Å²) in [6, 6.07) is -1.31. The van der Waals surface area contributed by atoms with Crippen molar-refractivity contribution in [2.45, 2.75) is 13.0 Å². The first kappa shape index (κ1) is 13.5. The van der Waals surface area contributed by atoms with Crippen LogP contribution in [-0.2, 0) is 34.6 Å². The zero-order valence-corrected chi connectivity index (χ0v) is 9.60. The minimum Gasteiger partial charge on any atom is -0.480 e. The summed E-state index contributed by atoms with van der Waals surface area (Å²) in [6.45, 7) is 1.09. The second kappa shape index (κ2) is 4.76. The van der Waals surface area contributed by atoms with Gasteiger partial charge in [-0.2, -0.15) is 13.1 Å². The van der Waals surface area contributed by atoms with E-state index in [-0.39, 0.29) is 19.5 Å². The fourth-order valence-electron chi connectivity index (χ4n) is 0.274. The predicted octanol–water partition coefficient (Wildman–Crippen LogP) is -1.15. The largest absolute Gasteiger partial charge is 0.480 e. The van der Waals surface area contributed by atoms with Crippen molar-refractivity contribution in [3.8, 4) is 0 Å². The van der Waals surface area contributed by atoms with Gasteiger partial charge in [-0.25, -0.2) is 0 Å². The molecule has 0 aliphatic heterocycles. The van der Waals surface area contributed by atoms with Crippen LogP contribution in [0.4, 0.5) is 0 Å². The molecule has 0 aliphatic carbocycles. The molecule has 0 aliphatic rings. The Hall–Kier alpha value is -0.0366. The van der Waals surface area contributed by atoms with Gasteiger partial charge in [0.2, 0.25) is 0 Å². The van der Waals surface area contributed by atoms with Crippen LogP contribution in [0.15, 0.2) is 0 Å². The maximum Gasteiger partial charge on any atom is 0.334 e. The van der Waals surface area contributed by atoms with Crippen LogP contribution in [0.25, 0.3) is 0 Å². The van der Waals surface area contributed by atoms with Gasteiger partial charge in [-0.15, -0.1) is 0 Å².